The van der Waals surface area contributed by atoms with E-state index in [0.29, 0.717) is 6.54 Å². The van der Waals surface area contributed by atoms with E-state index in [2.05, 4.69) is 5.32 Å². The van der Waals surface area contributed by atoms with Gasteiger partial charge in [0.25, 0.3) is 0 Å². The Morgan fingerprint density at radius 1 is 1.35 bits per heavy atom. The van der Waals surface area contributed by atoms with Crippen LogP contribution in [0, 0.1) is 11.6 Å². The van der Waals surface area contributed by atoms with Crippen molar-refractivity contribution in [2.24, 2.45) is 0 Å². The van der Waals surface area contributed by atoms with E-state index in [1.165, 1.54) is 0 Å². The molecule has 0 bridgehead atoms. The van der Waals surface area contributed by atoms with Crippen LogP contribution in [0.15, 0.2) is 12.1 Å². The Balaban J connectivity index is 2.63. The first-order chi connectivity index (χ1) is 8.06. The number of Topliss-reactive ketones (excluding diaryl/α,β-unsaturated/α-hetero) is 1. The van der Waals surface area contributed by atoms with Crippen molar-refractivity contribution in [3.05, 3.63) is 29.3 Å². The van der Waals surface area contributed by atoms with Gasteiger partial charge in [-0.2, -0.15) is 0 Å². The summed E-state index contributed by atoms with van der Waals surface area (Å²) in [6.07, 6.45) is 1.98. The summed E-state index contributed by atoms with van der Waals surface area (Å²) < 4.78 is 26.2. The number of halogens is 2. The molecule has 0 atom stereocenters. The number of nitrogens with one attached hydrogen (secondary N) is 1. The third kappa shape index (κ3) is 3.78. The SMILES string of the molecule is CCCCNCC(=O)c1cc(F)c(N)c(F)c1. The predicted molar refractivity (Wildman–Crippen MR) is 62.9 cm³/mol. The van der Waals surface area contributed by atoms with Crippen LogP contribution in [0.25, 0.3) is 0 Å². The summed E-state index contributed by atoms with van der Waals surface area (Å²) in [6.45, 7) is 2.82. The summed E-state index contributed by atoms with van der Waals surface area (Å²) >= 11 is 0. The maximum atomic E-state index is 13.1. The van der Waals surface area contributed by atoms with E-state index in [-0.39, 0.29) is 17.9 Å². The molecule has 0 aliphatic heterocycles. The molecule has 0 aliphatic rings. The molecule has 94 valence electrons. The van der Waals surface area contributed by atoms with E-state index in [9.17, 15) is 13.6 Å². The number of unbranched alkanes of at least 4 members (excludes halogenated alkanes) is 1. The van der Waals surface area contributed by atoms with Gasteiger partial charge in [0.15, 0.2) is 5.78 Å². The molecule has 0 spiro atoms. The molecule has 0 amide bonds. The van der Waals surface area contributed by atoms with E-state index in [4.69, 9.17) is 5.73 Å². The first-order valence-electron chi connectivity index (χ1n) is 5.54. The van der Waals surface area contributed by atoms with Crippen molar-refractivity contribution in [2.45, 2.75) is 19.8 Å². The lowest BCUT2D eigenvalue weighted by atomic mass is 10.1. The average molecular weight is 242 g/mol. The molecule has 0 radical (unpaired) electrons. The van der Waals surface area contributed by atoms with Crippen LogP contribution < -0.4 is 11.1 Å². The Bertz CT molecular complexity index is 384. The molecule has 3 nitrogen and oxygen atoms in total. The standard InChI is InChI=1S/C12H16F2N2O/c1-2-3-4-16-7-11(17)8-5-9(13)12(15)10(14)6-8/h5-6,16H,2-4,7,15H2,1H3. The first kappa shape index (κ1) is 13.6. The number of benzene rings is 1. The van der Waals surface area contributed by atoms with Crippen LogP contribution in [-0.2, 0) is 0 Å². The number of anilines is 1. The highest BCUT2D eigenvalue weighted by Crippen LogP contribution is 2.17. The van der Waals surface area contributed by atoms with Crippen molar-refractivity contribution in [3.8, 4) is 0 Å². The summed E-state index contributed by atoms with van der Waals surface area (Å²) in [4.78, 5) is 11.6. The van der Waals surface area contributed by atoms with Crippen LogP contribution in [0.5, 0.6) is 0 Å². The highest BCUT2D eigenvalue weighted by molar-refractivity contribution is 5.97. The van der Waals surface area contributed by atoms with Crippen molar-refractivity contribution < 1.29 is 13.6 Å². The molecule has 0 fully saturated rings. The number of carbonyl (C=O) groups is 1. The van der Waals surface area contributed by atoms with Gasteiger partial charge >= 0.3 is 0 Å². The highest BCUT2D eigenvalue weighted by Gasteiger charge is 2.12. The van der Waals surface area contributed by atoms with Gasteiger partial charge < -0.3 is 11.1 Å². The van der Waals surface area contributed by atoms with Gasteiger partial charge in [-0.25, -0.2) is 8.78 Å². The van der Waals surface area contributed by atoms with Crippen molar-refractivity contribution in [3.63, 3.8) is 0 Å². The van der Waals surface area contributed by atoms with Crippen LogP contribution >= 0.6 is 0 Å². The topological polar surface area (TPSA) is 55.1 Å². The van der Waals surface area contributed by atoms with Gasteiger partial charge in [0.05, 0.1) is 6.54 Å². The fourth-order valence-electron chi connectivity index (χ4n) is 1.35. The number of rotatable bonds is 6. The zero-order chi connectivity index (χ0) is 12.8. The molecule has 17 heavy (non-hydrogen) atoms. The molecular weight excluding hydrogens is 226 g/mol. The van der Waals surface area contributed by atoms with Crippen molar-refractivity contribution >= 4 is 11.5 Å². The number of ketones is 1. The van der Waals surface area contributed by atoms with E-state index < -0.39 is 17.3 Å². The van der Waals surface area contributed by atoms with Gasteiger partial charge in [-0.15, -0.1) is 0 Å². The molecule has 0 unspecified atom stereocenters. The summed E-state index contributed by atoms with van der Waals surface area (Å²) in [5.41, 5.74) is 4.56. The van der Waals surface area contributed by atoms with Crippen molar-refractivity contribution in [2.75, 3.05) is 18.8 Å². The molecule has 1 rings (SSSR count). The van der Waals surface area contributed by atoms with Gasteiger partial charge in [-0.3, -0.25) is 4.79 Å². The van der Waals surface area contributed by atoms with Crippen LogP contribution in [0.4, 0.5) is 14.5 Å². The fourth-order valence-corrected chi connectivity index (χ4v) is 1.35. The minimum atomic E-state index is -0.901. The lowest BCUT2D eigenvalue weighted by molar-refractivity contribution is 0.0990. The Hall–Kier alpha value is -1.49. The van der Waals surface area contributed by atoms with Gasteiger partial charge in [0.1, 0.15) is 17.3 Å². The molecule has 0 aliphatic carbocycles. The minimum Gasteiger partial charge on any atom is -0.394 e. The average Bonchev–Trinajstić information content (AvgIpc) is 2.30. The number of nitrogens with two attached hydrogens (primary N) is 1. The van der Waals surface area contributed by atoms with Crippen molar-refractivity contribution in [1.29, 1.82) is 0 Å². The zero-order valence-electron chi connectivity index (χ0n) is 9.72. The summed E-state index contributed by atoms with van der Waals surface area (Å²) in [5, 5.41) is 2.91. The highest BCUT2D eigenvalue weighted by atomic mass is 19.1. The molecule has 0 saturated heterocycles. The zero-order valence-corrected chi connectivity index (χ0v) is 9.72. The largest absolute Gasteiger partial charge is 0.394 e. The van der Waals surface area contributed by atoms with E-state index in [1.54, 1.807) is 0 Å². The van der Waals surface area contributed by atoms with Crippen LogP contribution in [-0.4, -0.2) is 18.9 Å². The second-order valence-electron chi connectivity index (χ2n) is 3.81. The van der Waals surface area contributed by atoms with Crippen LogP contribution in [0.1, 0.15) is 30.1 Å². The van der Waals surface area contributed by atoms with Gasteiger partial charge in [-0.05, 0) is 25.1 Å². The monoisotopic (exact) mass is 242 g/mol. The Morgan fingerprint density at radius 3 is 2.47 bits per heavy atom. The second kappa shape index (κ2) is 6.30. The summed E-state index contributed by atoms with van der Waals surface area (Å²) in [7, 11) is 0. The van der Waals surface area contributed by atoms with Crippen LogP contribution in [0.3, 0.4) is 0 Å². The summed E-state index contributed by atoms with van der Waals surface area (Å²) in [5.74, 6) is -2.15. The molecular formula is C12H16F2N2O. The lowest BCUT2D eigenvalue weighted by Crippen LogP contribution is -2.24. The Morgan fingerprint density at radius 2 is 1.94 bits per heavy atom. The third-order valence-electron chi connectivity index (χ3n) is 2.39. The normalized spacial score (nSPS) is 10.5. The Kier molecular flexibility index (Phi) is 5.03. The number of hydrogen-bond donors (Lipinski definition) is 2. The lowest BCUT2D eigenvalue weighted by Gasteiger charge is -2.05. The maximum Gasteiger partial charge on any atom is 0.176 e. The number of carbonyl (C=O) groups excluding carboxylic acids is 1. The second-order valence-corrected chi connectivity index (χ2v) is 3.81. The molecule has 1 aromatic carbocycles. The predicted octanol–water partition coefficient (Wildman–Crippen LogP) is 2.12. The van der Waals surface area contributed by atoms with Crippen LogP contribution in [0.2, 0.25) is 0 Å². The Labute approximate surface area is 99.0 Å². The quantitative estimate of drug-likeness (QED) is 0.456. The van der Waals surface area contributed by atoms with Crippen molar-refractivity contribution in [1.82, 2.24) is 5.32 Å². The molecule has 0 saturated carbocycles. The third-order valence-corrected chi connectivity index (χ3v) is 2.39. The van der Waals surface area contributed by atoms with E-state index in [1.807, 2.05) is 6.92 Å². The van der Waals surface area contributed by atoms with E-state index >= 15 is 0 Å². The molecule has 1 aromatic rings. The van der Waals surface area contributed by atoms with Gasteiger partial charge in [0.2, 0.25) is 0 Å². The fraction of sp³-hybridized carbons (Fsp3) is 0.417. The summed E-state index contributed by atoms with van der Waals surface area (Å²) in [6, 6.07) is 1.92. The number of hydrogen-bond acceptors (Lipinski definition) is 3. The molecule has 3 N–H and O–H groups in total. The molecule has 0 aromatic heterocycles. The maximum absolute atomic E-state index is 13.1. The molecule has 5 heteroatoms. The molecule has 0 heterocycles. The number of nitrogen functional groups attached to an aromatic ring is 1. The smallest absolute Gasteiger partial charge is 0.176 e. The van der Waals surface area contributed by atoms with Gasteiger partial charge in [-0.1, -0.05) is 13.3 Å². The van der Waals surface area contributed by atoms with Gasteiger partial charge in [0, 0.05) is 5.56 Å². The minimum absolute atomic E-state index is 0.00167. The van der Waals surface area contributed by atoms with E-state index in [0.717, 1.165) is 25.0 Å². The first-order valence-corrected chi connectivity index (χ1v) is 5.54.